The summed E-state index contributed by atoms with van der Waals surface area (Å²) in [4.78, 5) is 13.1. The van der Waals surface area contributed by atoms with Gasteiger partial charge < -0.3 is 9.47 Å². The Balaban J connectivity index is 3.32. The first-order valence-corrected chi connectivity index (χ1v) is 4.30. The molecule has 0 fully saturated rings. The Bertz CT molecular complexity index is 502. The molecule has 0 atom stereocenters. The minimum absolute atomic E-state index is 0.189. The van der Waals surface area contributed by atoms with Crippen molar-refractivity contribution < 1.29 is 22.6 Å². The van der Waals surface area contributed by atoms with Gasteiger partial charge in [-0.15, -0.1) is 13.2 Å². The molecule has 0 aliphatic rings. The predicted octanol–water partition coefficient (Wildman–Crippen LogP) is 1.35. The van der Waals surface area contributed by atoms with Gasteiger partial charge in [0.25, 0.3) is 5.56 Å². The van der Waals surface area contributed by atoms with Crippen LogP contribution in [0.2, 0.25) is 0 Å². The molecule has 0 saturated heterocycles. The number of hydrogen-bond donors (Lipinski definition) is 1. The molecular formula is C9H7F3N2O3. The van der Waals surface area contributed by atoms with E-state index in [2.05, 4.69) is 9.47 Å². The fraction of sp³-hybridized carbons (Fsp3) is 0.333. The summed E-state index contributed by atoms with van der Waals surface area (Å²) in [6, 6.07) is 2.49. The molecule has 0 saturated carbocycles. The van der Waals surface area contributed by atoms with Gasteiger partial charge >= 0.3 is 6.36 Å². The second kappa shape index (κ2) is 4.78. The minimum atomic E-state index is -4.93. The van der Waals surface area contributed by atoms with E-state index >= 15 is 0 Å². The van der Waals surface area contributed by atoms with Gasteiger partial charge in [0.1, 0.15) is 0 Å². The van der Waals surface area contributed by atoms with Crippen LogP contribution in [0.25, 0.3) is 0 Å². The second-order valence-corrected chi connectivity index (χ2v) is 2.90. The van der Waals surface area contributed by atoms with Crippen molar-refractivity contribution in [1.82, 2.24) is 4.98 Å². The SMILES string of the molecule is COc1[nH]c(=O)cc(CC#N)c1OC(F)(F)F. The number of nitriles is 1. The van der Waals surface area contributed by atoms with Gasteiger partial charge in [0.15, 0.2) is 5.75 Å². The molecule has 0 spiro atoms. The van der Waals surface area contributed by atoms with Crippen molar-refractivity contribution in [2.75, 3.05) is 7.11 Å². The lowest BCUT2D eigenvalue weighted by atomic mass is 10.2. The van der Waals surface area contributed by atoms with Crippen molar-refractivity contribution in [3.63, 3.8) is 0 Å². The maximum absolute atomic E-state index is 12.1. The highest BCUT2D eigenvalue weighted by Gasteiger charge is 2.34. The van der Waals surface area contributed by atoms with E-state index in [0.717, 1.165) is 13.2 Å². The number of aromatic amines is 1. The number of hydrogen-bond acceptors (Lipinski definition) is 4. The van der Waals surface area contributed by atoms with Crippen molar-refractivity contribution in [2.24, 2.45) is 0 Å². The highest BCUT2D eigenvalue weighted by Crippen LogP contribution is 2.32. The molecule has 0 amide bonds. The van der Waals surface area contributed by atoms with E-state index in [9.17, 15) is 18.0 Å². The molecule has 0 aliphatic heterocycles. The molecule has 8 heteroatoms. The number of methoxy groups -OCH3 is 1. The summed E-state index contributed by atoms with van der Waals surface area (Å²) in [5.74, 6) is -1.18. The van der Waals surface area contributed by atoms with Crippen LogP contribution in [0.3, 0.4) is 0 Å². The molecule has 0 bridgehead atoms. The molecule has 92 valence electrons. The van der Waals surface area contributed by atoms with E-state index in [1.54, 1.807) is 6.07 Å². The fourth-order valence-corrected chi connectivity index (χ4v) is 1.16. The summed E-state index contributed by atoms with van der Waals surface area (Å²) in [6.07, 6.45) is -5.33. The maximum atomic E-state index is 12.1. The van der Waals surface area contributed by atoms with E-state index in [0.29, 0.717) is 0 Å². The quantitative estimate of drug-likeness (QED) is 0.875. The Morgan fingerprint density at radius 3 is 2.65 bits per heavy atom. The minimum Gasteiger partial charge on any atom is -0.480 e. The summed E-state index contributed by atoms with van der Waals surface area (Å²) in [6.45, 7) is 0. The van der Waals surface area contributed by atoms with Crippen LogP contribution >= 0.6 is 0 Å². The lowest BCUT2D eigenvalue weighted by Crippen LogP contribution is -2.20. The Morgan fingerprint density at radius 2 is 2.18 bits per heavy atom. The Kier molecular flexibility index (Phi) is 3.62. The highest BCUT2D eigenvalue weighted by atomic mass is 19.4. The molecule has 5 nitrogen and oxygen atoms in total. The monoisotopic (exact) mass is 248 g/mol. The van der Waals surface area contributed by atoms with E-state index in [4.69, 9.17) is 5.26 Å². The van der Waals surface area contributed by atoms with Crippen LogP contribution in [0, 0.1) is 11.3 Å². The van der Waals surface area contributed by atoms with Gasteiger partial charge in [-0.05, 0) is 0 Å². The Hall–Kier alpha value is -2.17. The Morgan fingerprint density at radius 1 is 1.53 bits per heavy atom. The van der Waals surface area contributed by atoms with Gasteiger partial charge in [0, 0.05) is 11.6 Å². The van der Waals surface area contributed by atoms with E-state index in [1.807, 2.05) is 4.98 Å². The van der Waals surface area contributed by atoms with E-state index in [-0.39, 0.29) is 5.56 Å². The number of rotatable bonds is 3. The average molecular weight is 248 g/mol. The topological polar surface area (TPSA) is 75.1 Å². The van der Waals surface area contributed by atoms with Crippen LogP contribution in [0.1, 0.15) is 5.56 Å². The van der Waals surface area contributed by atoms with Crippen molar-refractivity contribution in [2.45, 2.75) is 12.8 Å². The third-order valence-corrected chi connectivity index (χ3v) is 1.73. The van der Waals surface area contributed by atoms with Crippen LogP contribution in [-0.4, -0.2) is 18.5 Å². The van der Waals surface area contributed by atoms with E-state index < -0.39 is 30.0 Å². The fourth-order valence-electron chi connectivity index (χ4n) is 1.16. The Labute approximate surface area is 93.4 Å². The zero-order valence-corrected chi connectivity index (χ0v) is 8.59. The van der Waals surface area contributed by atoms with Crippen LogP contribution in [0.15, 0.2) is 10.9 Å². The summed E-state index contributed by atoms with van der Waals surface area (Å²) < 4.78 is 44.7. The maximum Gasteiger partial charge on any atom is 0.573 e. The third kappa shape index (κ3) is 3.41. The smallest absolute Gasteiger partial charge is 0.480 e. The van der Waals surface area contributed by atoms with Gasteiger partial charge in [-0.25, -0.2) is 0 Å². The van der Waals surface area contributed by atoms with Crippen molar-refractivity contribution in [3.05, 3.63) is 22.0 Å². The van der Waals surface area contributed by atoms with Crippen molar-refractivity contribution in [3.8, 4) is 17.7 Å². The first-order chi connectivity index (χ1) is 7.87. The molecule has 0 radical (unpaired) electrons. The first-order valence-electron chi connectivity index (χ1n) is 4.30. The van der Waals surface area contributed by atoms with Gasteiger partial charge in [-0.2, -0.15) is 5.26 Å². The second-order valence-electron chi connectivity index (χ2n) is 2.90. The standard InChI is InChI=1S/C9H7F3N2O3/c1-16-8-7(17-9(10,11)12)5(2-3-13)4-6(15)14-8/h4H,2H2,1H3,(H,14,15). The molecular weight excluding hydrogens is 241 g/mol. The van der Waals surface area contributed by atoms with Gasteiger partial charge in [0.2, 0.25) is 5.88 Å². The summed E-state index contributed by atoms with van der Waals surface area (Å²) in [5, 5.41) is 8.46. The largest absolute Gasteiger partial charge is 0.573 e. The number of pyridine rings is 1. The number of nitrogens with zero attached hydrogens (tertiary/aromatic N) is 1. The number of ether oxygens (including phenoxy) is 2. The zero-order chi connectivity index (χ0) is 13.1. The molecule has 0 unspecified atom stereocenters. The molecule has 1 aromatic rings. The predicted molar refractivity (Wildman–Crippen MR) is 49.6 cm³/mol. The molecule has 1 aromatic heterocycles. The van der Waals surface area contributed by atoms with Gasteiger partial charge in [0.05, 0.1) is 19.6 Å². The number of nitrogens with one attached hydrogen (secondary N) is 1. The number of alkyl halides is 3. The lowest BCUT2D eigenvalue weighted by Gasteiger charge is -2.14. The third-order valence-electron chi connectivity index (χ3n) is 1.73. The molecule has 1 N–H and O–H groups in total. The van der Waals surface area contributed by atoms with Gasteiger partial charge in [-0.1, -0.05) is 0 Å². The molecule has 1 rings (SSSR count). The summed E-state index contributed by atoms with van der Waals surface area (Å²) in [7, 11) is 1.07. The van der Waals surface area contributed by atoms with Crippen LogP contribution < -0.4 is 15.0 Å². The lowest BCUT2D eigenvalue weighted by molar-refractivity contribution is -0.275. The molecule has 0 aromatic carbocycles. The number of H-pyrrole nitrogens is 1. The zero-order valence-electron chi connectivity index (χ0n) is 8.59. The number of halogens is 3. The van der Waals surface area contributed by atoms with Crippen LogP contribution in [0.4, 0.5) is 13.2 Å². The number of aromatic nitrogens is 1. The van der Waals surface area contributed by atoms with Crippen LogP contribution in [-0.2, 0) is 6.42 Å². The summed E-state index contributed by atoms with van der Waals surface area (Å²) >= 11 is 0. The summed E-state index contributed by atoms with van der Waals surface area (Å²) in [5.41, 5.74) is -0.868. The van der Waals surface area contributed by atoms with E-state index in [1.165, 1.54) is 0 Å². The van der Waals surface area contributed by atoms with Crippen molar-refractivity contribution >= 4 is 0 Å². The highest BCUT2D eigenvalue weighted by molar-refractivity contribution is 5.42. The first kappa shape index (κ1) is 12.9. The molecule has 17 heavy (non-hydrogen) atoms. The van der Waals surface area contributed by atoms with Gasteiger partial charge in [-0.3, -0.25) is 9.78 Å². The molecule has 0 aliphatic carbocycles. The molecule has 1 heterocycles. The average Bonchev–Trinajstić information content (AvgIpc) is 2.20. The van der Waals surface area contributed by atoms with Crippen molar-refractivity contribution in [1.29, 1.82) is 5.26 Å². The van der Waals surface area contributed by atoms with Crippen LogP contribution in [0.5, 0.6) is 11.6 Å². The normalized spacial score (nSPS) is 10.8.